The Hall–Kier alpha value is -8.44. The van der Waals surface area contributed by atoms with Crippen molar-refractivity contribution in [3.05, 3.63) is 224 Å². The number of hydrogen-bond donors (Lipinski definition) is 0. The van der Waals surface area contributed by atoms with Crippen molar-refractivity contribution in [2.24, 2.45) is 0 Å². The lowest BCUT2D eigenvalue weighted by atomic mass is 9.97. The summed E-state index contributed by atoms with van der Waals surface area (Å²) >= 11 is 1.85. The van der Waals surface area contributed by atoms with E-state index in [0.29, 0.717) is 0 Å². The summed E-state index contributed by atoms with van der Waals surface area (Å²) in [6.07, 6.45) is 0. The second-order valence-electron chi connectivity index (χ2n) is 17.2. The first kappa shape index (κ1) is 37.0. The van der Waals surface area contributed by atoms with Gasteiger partial charge >= 0.3 is 0 Å². The monoisotopic (exact) mass is 859 g/mol. The molecule has 0 N–H and O–H groups in total. The third-order valence-corrected chi connectivity index (χ3v) is 14.6. The summed E-state index contributed by atoms with van der Waals surface area (Å²) in [5, 5.41) is 11.8. The number of furan rings is 2. The van der Waals surface area contributed by atoms with Crippen molar-refractivity contribution in [2.75, 3.05) is 4.90 Å². The smallest absolute Gasteiger partial charge is 0.143 e. The van der Waals surface area contributed by atoms with E-state index in [1.54, 1.807) is 0 Å². The van der Waals surface area contributed by atoms with Crippen molar-refractivity contribution < 1.29 is 8.83 Å². The van der Waals surface area contributed by atoms with Gasteiger partial charge in [0.2, 0.25) is 0 Å². The van der Waals surface area contributed by atoms with Crippen molar-refractivity contribution >= 4 is 114 Å². The van der Waals surface area contributed by atoms with E-state index in [4.69, 9.17) is 8.83 Å². The minimum absolute atomic E-state index is 0.892. The molecule has 0 aliphatic rings. The van der Waals surface area contributed by atoms with Crippen LogP contribution in [0.5, 0.6) is 0 Å². The van der Waals surface area contributed by atoms with Crippen LogP contribution < -0.4 is 4.90 Å². The van der Waals surface area contributed by atoms with Crippen LogP contribution in [0.1, 0.15) is 0 Å². The molecule has 0 unspecified atom stereocenters. The first-order chi connectivity index (χ1) is 32.7. The van der Waals surface area contributed by atoms with E-state index in [9.17, 15) is 0 Å². The van der Waals surface area contributed by atoms with Gasteiger partial charge in [0.15, 0.2) is 0 Å². The lowest BCUT2D eigenvalue weighted by molar-refractivity contribution is 0.672. The number of benzene rings is 11. The van der Waals surface area contributed by atoms with Gasteiger partial charge in [-0.2, -0.15) is 0 Å². The second-order valence-corrected chi connectivity index (χ2v) is 18.3. The summed E-state index contributed by atoms with van der Waals surface area (Å²) in [5.41, 5.74) is 13.8. The Balaban J connectivity index is 0.875. The fourth-order valence-electron chi connectivity index (χ4n) is 10.3. The molecule has 3 nitrogen and oxygen atoms in total. The quantitative estimate of drug-likeness (QED) is 0.167. The van der Waals surface area contributed by atoms with Gasteiger partial charge in [0.25, 0.3) is 0 Å². The Bertz CT molecular complexity index is 4020. The van der Waals surface area contributed by atoms with Gasteiger partial charge in [0.05, 0.1) is 0 Å². The molecule has 308 valence electrons. The molecule has 0 radical (unpaired) electrons. The Kier molecular flexibility index (Phi) is 8.15. The molecule has 14 rings (SSSR count). The van der Waals surface area contributed by atoms with Crippen LogP contribution in [0.2, 0.25) is 0 Å². The Morgan fingerprint density at radius 3 is 1.30 bits per heavy atom. The van der Waals surface area contributed by atoms with Crippen LogP contribution >= 0.6 is 11.3 Å². The normalized spacial score (nSPS) is 11.9. The SMILES string of the molecule is c1ccc2c(c1)ccc1c2oc2cccc(-c3ccc(N(c4ccc(-c5ccc6sc7ccccc7c6c5)cc4)c4ccc(-c5cccc6oc7c8ccccc8ccc7c56)cc4)cc3)c21. The molecule has 0 bridgehead atoms. The molecule has 0 atom stereocenters. The number of nitrogens with zero attached hydrogens (tertiary/aromatic N) is 1. The molecule has 0 aliphatic heterocycles. The maximum absolute atomic E-state index is 6.57. The van der Waals surface area contributed by atoms with Gasteiger partial charge in [0, 0.05) is 69.6 Å². The molecule has 3 heterocycles. The van der Waals surface area contributed by atoms with E-state index in [2.05, 4.69) is 229 Å². The van der Waals surface area contributed by atoms with Gasteiger partial charge in [0.1, 0.15) is 22.3 Å². The van der Waals surface area contributed by atoms with Crippen LogP contribution in [0.4, 0.5) is 17.1 Å². The maximum atomic E-state index is 6.57. The fourth-order valence-corrected chi connectivity index (χ4v) is 11.4. The predicted molar refractivity (Wildman–Crippen MR) is 280 cm³/mol. The maximum Gasteiger partial charge on any atom is 0.143 e. The van der Waals surface area contributed by atoms with E-state index in [0.717, 1.165) is 94.0 Å². The number of rotatable bonds is 6. The second kappa shape index (κ2) is 14.5. The average Bonchev–Trinajstić information content (AvgIpc) is 4.09. The van der Waals surface area contributed by atoms with E-state index in [-0.39, 0.29) is 0 Å². The van der Waals surface area contributed by atoms with E-state index < -0.39 is 0 Å². The van der Waals surface area contributed by atoms with Crippen molar-refractivity contribution in [3.63, 3.8) is 0 Å². The molecule has 11 aromatic carbocycles. The zero-order chi connectivity index (χ0) is 43.3. The van der Waals surface area contributed by atoms with Gasteiger partial charge in [-0.3, -0.25) is 0 Å². The van der Waals surface area contributed by atoms with Crippen LogP contribution in [-0.2, 0) is 0 Å². The van der Waals surface area contributed by atoms with Crippen LogP contribution in [0.3, 0.4) is 0 Å². The molecule has 14 aromatic rings. The van der Waals surface area contributed by atoms with Gasteiger partial charge < -0.3 is 13.7 Å². The summed E-state index contributed by atoms with van der Waals surface area (Å²) in [6, 6.07) is 81.0. The zero-order valence-electron chi connectivity index (χ0n) is 35.5. The first-order valence-corrected chi connectivity index (χ1v) is 23.2. The largest absolute Gasteiger partial charge is 0.455 e. The highest BCUT2D eigenvalue weighted by Gasteiger charge is 2.19. The molecule has 3 aromatic heterocycles. The third kappa shape index (κ3) is 5.75. The Labute approximate surface area is 383 Å². The zero-order valence-corrected chi connectivity index (χ0v) is 36.4. The van der Waals surface area contributed by atoms with Crippen LogP contribution in [0, 0.1) is 0 Å². The lowest BCUT2D eigenvalue weighted by Crippen LogP contribution is -2.09. The highest BCUT2D eigenvalue weighted by atomic mass is 32.1. The Morgan fingerprint density at radius 1 is 0.303 bits per heavy atom. The third-order valence-electron chi connectivity index (χ3n) is 13.5. The van der Waals surface area contributed by atoms with Crippen molar-refractivity contribution in [1.29, 1.82) is 0 Å². The number of anilines is 3. The molecule has 0 saturated heterocycles. The van der Waals surface area contributed by atoms with Crippen molar-refractivity contribution in [3.8, 4) is 33.4 Å². The molecule has 0 aliphatic carbocycles. The van der Waals surface area contributed by atoms with E-state index in [1.165, 1.54) is 42.1 Å². The predicted octanol–water partition coefficient (Wildman–Crippen LogP) is 18.6. The first-order valence-electron chi connectivity index (χ1n) is 22.4. The molecule has 0 saturated carbocycles. The minimum atomic E-state index is 0.892. The highest BCUT2D eigenvalue weighted by molar-refractivity contribution is 7.25. The summed E-state index contributed by atoms with van der Waals surface area (Å²) in [4.78, 5) is 2.35. The number of thiophene rings is 1. The molecule has 66 heavy (non-hydrogen) atoms. The summed E-state index contributed by atoms with van der Waals surface area (Å²) in [5.74, 6) is 0. The van der Waals surface area contributed by atoms with E-state index >= 15 is 0 Å². The minimum Gasteiger partial charge on any atom is -0.455 e. The number of hydrogen-bond acceptors (Lipinski definition) is 4. The molecular formula is C62H37NO2S. The molecule has 4 heteroatoms. The molecular weight excluding hydrogens is 823 g/mol. The highest BCUT2D eigenvalue weighted by Crippen LogP contribution is 2.44. The molecule has 0 spiro atoms. The fraction of sp³-hybridized carbons (Fsp3) is 0. The van der Waals surface area contributed by atoms with Crippen molar-refractivity contribution in [2.45, 2.75) is 0 Å². The average molecular weight is 860 g/mol. The standard InChI is InChI=1S/C62H37NO2S/c1-3-11-49-39(9-1)25-34-52-59-47(14-7-16-55(59)64-61(49)52)41-21-30-45(31-22-41)63(44-28-19-38(20-29-44)43-27-36-58-54(37-43)51-13-5-6-18-57(51)66-58)46-32-23-42(24-33-46)48-15-8-17-56-60(48)53-35-26-40-10-2-4-12-50(40)62(53)65-56/h1-37H. The molecule has 0 fully saturated rings. The van der Waals surface area contributed by atoms with Crippen LogP contribution in [0.25, 0.3) is 119 Å². The summed E-state index contributed by atoms with van der Waals surface area (Å²) < 4.78 is 15.8. The van der Waals surface area contributed by atoms with Gasteiger partial charge in [-0.1, -0.05) is 146 Å². The van der Waals surface area contributed by atoms with Crippen molar-refractivity contribution in [1.82, 2.24) is 0 Å². The summed E-state index contributed by atoms with van der Waals surface area (Å²) in [7, 11) is 0. The number of fused-ring (bicyclic) bond motifs is 13. The molecule has 0 amide bonds. The van der Waals surface area contributed by atoms with Crippen LogP contribution in [-0.4, -0.2) is 0 Å². The van der Waals surface area contributed by atoms with Crippen LogP contribution in [0.15, 0.2) is 233 Å². The topological polar surface area (TPSA) is 29.5 Å². The van der Waals surface area contributed by atoms with E-state index in [1.807, 2.05) is 11.3 Å². The lowest BCUT2D eigenvalue weighted by Gasteiger charge is -2.26. The van der Waals surface area contributed by atoms with Gasteiger partial charge in [-0.05, 0) is 123 Å². The van der Waals surface area contributed by atoms with Gasteiger partial charge in [-0.15, -0.1) is 11.3 Å². The summed E-state index contributed by atoms with van der Waals surface area (Å²) in [6.45, 7) is 0. The Morgan fingerprint density at radius 2 is 0.758 bits per heavy atom. The van der Waals surface area contributed by atoms with Gasteiger partial charge in [-0.25, -0.2) is 0 Å².